The number of hydrazine groups is 1. The fourth-order valence-corrected chi connectivity index (χ4v) is 1.74. The number of rotatable bonds is 5. The first kappa shape index (κ1) is 13.6. The highest BCUT2D eigenvalue weighted by molar-refractivity contribution is 5.56. The van der Waals surface area contributed by atoms with Gasteiger partial charge in [-0.3, -0.25) is 16.0 Å². The van der Waals surface area contributed by atoms with Crippen molar-refractivity contribution in [1.82, 2.24) is 0 Å². The van der Waals surface area contributed by atoms with Crippen molar-refractivity contribution in [2.75, 3.05) is 10.7 Å². The number of aromatic hydroxyl groups is 1. The van der Waals surface area contributed by atoms with Crippen LogP contribution < -0.4 is 16.6 Å². The van der Waals surface area contributed by atoms with Gasteiger partial charge in [-0.1, -0.05) is 6.07 Å². The maximum atomic E-state index is 10.7. The van der Waals surface area contributed by atoms with E-state index in [0.717, 1.165) is 11.4 Å². The van der Waals surface area contributed by atoms with Crippen LogP contribution in [-0.4, -0.2) is 10.0 Å². The third-order valence-corrected chi connectivity index (χ3v) is 2.79. The molecular weight excluding hydrogens is 260 g/mol. The molecule has 0 fully saturated rings. The van der Waals surface area contributed by atoms with Crippen LogP contribution in [-0.2, 0) is 6.54 Å². The number of phenols is 1. The fraction of sp³-hybridized carbons (Fsp3) is 0.0769. The Bertz CT molecular complexity index is 631. The summed E-state index contributed by atoms with van der Waals surface area (Å²) >= 11 is 0. The van der Waals surface area contributed by atoms with E-state index in [1.807, 2.05) is 12.1 Å². The van der Waals surface area contributed by atoms with Crippen molar-refractivity contribution in [1.29, 1.82) is 0 Å². The lowest BCUT2D eigenvalue weighted by atomic mass is 10.1. The molecule has 0 heterocycles. The molecule has 0 atom stereocenters. The molecule has 20 heavy (non-hydrogen) atoms. The zero-order valence-electron chi connectivity index (χ0n) is 10.5. The van der Waals surface area contributed by atoms with Gasteiger partial charge >= 0.3 is 0 Å². The molecule has 0 unspecified atom stereocenters. The molecule has 7 nitrogen and oxygen atoms in total. The van der Waals surface area contributed by atoms with E-state index >= 15 is 0 Å². The summed E-state index contributed by atoms with van der Waals surface area (Å²) in [7, 11) is 0. The van der Waals surface area contributed by atoms with Gasteiger partial charge in [0.15, 0.2) is 0 Å². The van der Waals surface area contributed by atoms with E-state index in [9.17, 15) is 15.2 Å². The second-order valence-electron chi connectivity index (χ2n) is 4.15. The number of nitrogen functional groups attached to an aromatic ring is 1. The third kappa shape index (κ3) is 3.15. The molecule has 5 N–H and O–H groups in total. The van der Waals surface area contributed by atoms with Gasteiger partial charge in [-0.25, -0.2) is 0 Å². The monoisotopic (exact) mass is 274 g/mol. The Balaban J connectivity index is 2.13. The molecule has 0 saturated carbocycles. The van der Waals surface area contributed by atoms with E-state index in [1.54, 1.807) is 12.1 Å². The van der Waals surface area contributed by atoms with Crippen molar-refractivity contribution < 1.29 is 10.0 Å². The van der Waals surface area contributed by atoms with E-state index < -0.39 is 4.92 Å². The summed E-state index contributed by atoms with van der Waals surface area (Å²) in [5.41, 5.74) is 4.43. The molecule has 104 valence electrons. The number of hydrogen-bond donors (Lipinski definition) is 4. The summed E-state index contributed by atoms with van der Waals surface area (Å²) in [6, 6.07) is 11.1. The number of nitrogens with two attached hydrogens (primary N) is 1. The molecular formula is C13H14N4O3. The van der Waals surface area contributed by atoms with Crippen LogP contribution in [0.25, 0.3) is 0 Å². The number of phenolic OH excluding ortho intramolecular Hbond substituents is 1. The van der Waals surface area contributed by atoms with Gasteiger partial charge in [0.1, 0.15) is 5.75 Å². The molecule has 2 aromatic rings. The van der Waals surface area contributed by atoms with Crippen LogP contribution in [0.4, 0.5) is 17.1 Å². The minimum Gasteiger partial charge on any atom is -0.508 e. The SMILES string of the molecule is NNc1cccc(NCc2cc([N+](=O)[O-])ccc2O)c1. The number of nitrogens with zero attached hydrogens (tertiary/aromatic N) is 1. The van der Waals surface area contributed by atoms with Gasteiger partial charge in [0.25, 0.3) is 5.69 Å². The maximum absolute atomic E-state index is 10.7. The van der Waals surface area contributed by atoms with Gasteiger partial charge in [-0.05, 0) is 24.3 Å². The highest BCUT2D eigenvalue weighted by Gasteiger charge is 2.10. The lowest BCUT2D eigenvalue weighted by Crippen LogP contribution is -2.07. The normalized spacial score (nSPS) is 10.1. The van der Waals surface area contributed by atoms with E-state index in [-0.39, 0.29) is 18.0 Å². The van der Waals surface area contributed by atoms with E-state index in [0.29, 0.717) is 5.56 Å². The van der Waals surface area contributed by atoms with Crippen molar-refractivity contribution in [3.8, 4) is 5.75 Å². The summed E-state index contributed by atoms with van der Waals surface area (Å²) in [6.45, 7) is 0.265. The molecule has 0 bridgehead atoms. The van der Waals surface area contributed by atoms with Crippen LogP contribution in [0.15, 0.2) is 42.5 Å². The predicted molar refractivity (Wildman–Crippen MR) is 76.3 cm³/mol. The Kier molecular flexibility index (Phi) is 4.02. The molecule has 0 saturated heterocycles. The van der Waals surface area contributed by atoms with Crippen molar-refractivity contribution in [2.45, 2.75) is 6.54 Å². The number of hydrogen-bond acceptors (Lipinski definition) is 6. The van der Waals surface area contributed by atoms with Crippen LogP contribution in [0.3, 0.4) is 0 Å². The number of benzene rings is 2. The Morgan fingerprint density at radius 1 is 1.20 bits per heavy atom. The standard InChI is InChI=1S/C13H14N4O3/c14-16-11-3-1-2-10(7-11)15-8-9-6-12(17(19)20)4-5-13(9)18/h1-7,15-16,18H,8,14H2. The molecule has 7 heteroatoms. The lowest BCUT2D eigenvalue weighted by Gasteiger charge is -2.09. The average Bonchev–Trinajstić information content (AvgIpc) is 2.46. The predicted octanol–water partition coefficient (Wildman–Crippen LogP) is 2.20. The Labute approximate surface area is 115 Å². The Hall–Kier alpha value is -2.80. The first-order valence-electron chi connectivity index (χ1n) is 5.87. The number of nitrogens with one attached hydrogen (secondary N) is 2. The largest absolute Gasteiger partial charge is 0.508 e. The third-order valence-electron chi connectivity index (χ3n) is 2.79. The van der Waals surface area contributed by atoms with Crippen LogP contribution in [0, 0.1) is 10.1 Å². The van der Waals surface area contributed by atoms with Crippen molar-refractivity contribution in [3.05, 3.63) is 58.1 Å². The molecule has 0 aromatic heterocycles. The Morgan fingerprint density at radius 3 is 2.65 bits per heavy atom. The van der Waals surface area contributed by atoms with E-state index in [1.165, 1.54) is 18.2 Å². The van der Waals surface area contributed by atoms with Crippen molar-refractivity contribution >= 4 is 17.1 Å². The van der Waals surface area contributed by atoms with Gasteiger partial charge in [-0.2, -0.15) is 0 Å². The molecule has 2 rings (SSSR count). The van der Waals surface area contributed by atoms with Crippen LogP contribution >= 0.6 is 0 Å². The first-order chi connectivity index (χ1) is 9.60. The number of nitro groups is 1. The molecule has 0 amide bonds. The zero-order valence-corrected chi connectivity index (χ0v) is 10.5. The van der Waals surface area contributed by atoms with Crippen molar-refractivity contribution in [3.63, 3.8) is 0 Å². The summed E-state index contributed by atoms with van der Waals surface area (Å²) in [5, 5.41) is 23.5. The minimum atomic E-state index is -0.498. The lowest BCUT2D eigenvalue weighted by molar-refractivity contribution is -0.384. The quantitative estimate of drug-likeness (QED) is 0.377. The number of nitro benzene ring substituents is 1. The van der Waals surface area contributed by atoms with Crippen LogP contribution in [0.1, 0.15) is 5.56 Å². The van der Waals surface area contributed by atoms with Gasteiger partial charge in [0, 0.05) is 29.9 Å². The smallest absolute Gasteiger partial charge is 0.270 e. The maximum Gasteiger partial charge on any atom is 0.270 e. The number of non-ortho nitro benzene ring substituents is 1. The van der Waals surface area contributed by atoms with Crippen LogP contribution in [0.2, 0.25) is 0 Å². The molecule has 0 aliphatic heterocycles. The highest BCUT2D eigenvalue weighted by Crippen LogP contribution is 2.24. The Morgan fingerprint density at radius 2 is 1.95 bits per heavy atom. The van der Waals surface area contributed by atoms with E-state index in [4.69, 9.17) is 5.84 Å². The summed E-state index contributed by atoms with van der Waals surface area (Å²) in [5.74, 6) is 5.32. The zero-order chi connectivity index (χ0) is 14.5. The molecule has 0 aliphatic carbocycles. The number of anilines is 2. The topological polar surface area (TPSA) is 113 Å². The van der Waals surface area contributed by atoms with E-state index in [2.05, 4.69) is 10.7 Å². The molecule has 0 radical (unpaired) electrons. The summed E-state index contributed by atoms with van der Waals surface area (Å²) in [6.07, 6.45) is 0. The fourth-order valence-electron chi connectivity index (χ4n) is 1.74. The molecule has 0 aliphatic rings. The summed E-state index contributed by atoms with van der Waals surface area (Å²) in [4.78, 5) is 10.2. The van der Waals surface area contributed by atoms with Gasteiger partial charge in [0.2, 0.25) is 0 Å². The average molecular weight is 274 g/mol. The highest BCUT2D eigenvalue weighted by atomic mass is 16.6. The second-order valence-corrected chi connectivity index (χ2v) is 4.15. The minimum absolute atomic E-state index is 0.0104. The first-order valence-corrected chi connectivity index (χ1v) is 5.87. The van der Waals surface area contributed by atoms with Gasteiger partial charge in [0.05, 0.1) is 10.6 Å². The molecule has 2 aromatic carbocycles. The molecule has 0 spiro atoms. The summed E-state index contributed by atoms with van der Waals surface area (Å²) < 4.78 is 0. The van der Waals surface area contributed by atoms with Gasteiger partial charge < -0.3 is 15.8 Å². The van der Waals surface area contributed by atoms with Gasteiger partial charge in [-0.15, -0.1) is 0 Å². The van der Waals surface area contributed by atoms with Crippen LogP contribution in [0.5, 0.6) is 5.75 Å². The second kappa shape index (κ2) is 5.89. The van der Waals surface area contributed by atoms with Crippen molar-refractivity contribution in [2.24, 2.45) is 5.84 Å².